The Labute approximate surface area is 150 Å². The van der Waals surface area contributed by atoms with E-state index in [0.717, 1.165) is 23.6 Å². The Morgan fingerprint density at radius 2 is 2.00 bits per heavy atom. The Kier molecular flexibility index (Phi) is 4.80. The summed E-state index contributed by atoms with van der Waals surface area (Å²) < 4.78 is 0. The van der Waals surface area contributed by atoms with Crippen molar-refractivity contribution in [1.29, 1.82) is 0 Å². The first-order valence-electron chi connectivity index (χ1n) is 9.03. The highest BCUT2D eigenvalue weighted by Gasteiger charge is 2.39. The zero-order chi connectivity index (χ0) is 18.1. The third-order valence-electron chi connectivity index (χ3n) is 5.19. The molecule has 2 aromatic rings. The van der Waals surface area contributed by atoms with Crippen molar-refractivity contribution in [3.05, 3.63) is 53.2 Å². The summed E-state index contributed by atoms with van der Waals surface area (Å²) in [6.07, 6.45) is 0.924. The topological polar surface area (TPSA) is 45.2 Å². The van der Waals surface area contributed by atoms with E-state index in [1.165, 1.54) is 11.1 Å². The number of amides is 1. The number of benzene rings is 1. The normalized spacial score (nSPS) is 22.4. The highest BCUT2D eigenvalue weighted by atomic mass is 16.2. The molecule has 0 aliphatic carbocycles. The lowest BCUT2D eigenvalue weighted by atomic mass is 9.80. The Morgan fingerprint density at radius 3 is 2.64 bits per heavy atom. The number of carbonyl (C=O) groups is 1. The SMILES string of the molecule is CC[C@H]1[C@H](C)C(Nc2cccc(C)n2)c2cc(C)ccc2N1C(C)=O. The summed E-state index contributed by atoms with van der Waals surface area (Å²) in [5, 5.41) is 3.63. The van der Waals surface area contributed by atoms with Crippen LogP contribution in [0, 0.1) is 19.8 Å². The number of hydrogen-bond acceptors (Lipinski definition) is 3. The number of aromatic nitrogens is 1. The summed E-state index contributed by atoms with van der Waals surface area (Å²) in [6, 6.07) is 12.7. The zero-order valence-electron chi connectivity index (χ0n) is 15.7. The standard InChI is InChI=1S/C21H27N3O/c1-6-18-15(4)21(23-20-9-7-8-14(3)22-20)17-12-13(2)10-11-19(17)24(18)16(5)25/h7-12,15,18,21H,6H2,1-5H3,(H,22,23)/t15-,18-,21?/m0/s1. The second-order valence-corrected chi connectivity index (χ2v) is 7.07. The van der Waals surface area contributed by atoms with E-state index in [9.17, 15) is 4.79 Å². The van der Waals surface area contributed by atoms with Gasteiger partial charge in [0.05, 0.1) is 6.04 Å². The number of nitrogens with zero attached hydrogens (tertiary/aromatic N) is 2. The van der Waals surface area contributed by atoms with E-state index >= 15 is 0 Å². The minimum absolute atomic E-state index is 0.107. The maximum atomic E-state index is 12.4. The number of nitrogens with one attached hydrogen (secondary N) is 1. The Hall–Kier alpha value is -2.36. The first-order valence-corrected chi connectivity index (χ1v) is 9.03. The fraction of sp³-hybridized carbons (Fsp3) is 0.429. The summed E-state index contributed by atoms with van der Waals surface area (Å²) in [4.78, 5) is 18.9. The minimum atomic E-state index is 0.107. The molecule has 0 saturated heterocycles. The predicted molar refractivity (Wildman–Crippen MR) is 103 cm³/mol. The summed E-state index contributed by atoms with van der Waals surface area (Å²) in [6.45, 7) is 10.1. The summed E-state index contributed by atoms with van der Waals surface area (Å²) in [5.74, 6) is 1.27. The van der Waals surface area contributed by atoms with Crippen molar-refractivity contribution in [3.8, 4) is 0 Å². The van der Waals surface area contributed by atoms with E-state index in [0.29, 0.717) is 0 Å². The smallest absolute Gasteiger partial charge is 0.224 e. The van der Waals surface area contributed by atoms with Gasteiger partial charge in [-0.2, -0.15) is 0 Å². The summed E-state index contributed by atoms with van der Waals surface area (Å²) >= 11 is 0. The monoisotopic (exact) mass is 337 g/mol. The van der Waals surface area contributed by atoms with Gasteiger partial charge in [-0.1, -0.05) is 37.6 Å². The average Bonchev–Trinajstić information content (AvgIpc) is 2.56. The molecule has 0 spiro atoms. The van der Waals surface area contributed by atoms with Gasteiger partial charge in [-0.15, -0.1) is 0 Å². The third kappa shape index (κ3) is 3.26. The van der Waals surface area contributed by atoms with Gasteiger partial charge < -0.3 is 10.2 Å². The van der Waals surface area contributed by atoms with Gasteiger partial charge in [-0.25, -0.2) is 4.98 Å². The van der Waals surface area contributed by atoms with Crippen LogP contribution in [0.15, 0.2) is 36.4 Å². The van der Waals surface area contributed by atoms with E-state index in [1.807, 2.05) is 30.0 Å². The Morgan fingerprint density at radius 1 is 1.24 bits per heavy atom. The molecule has 1 N–H and O–H groups in total. The molecule has 0 saturated carbocycles. The fourth-order valence-electron chi connectivity index (χ4n) is 4.01. The van der Waals surface area contributed by atoms with Gasteiger partial charge in [0.25, 0.3) is 0 Å². The van der Waals surface area contributed by atoms with Crippen LogP contribution >= 0.6 is 0 Å². The number of rotatable bonds is 3. The molecule has 1 aromatic carbocycles. The van der Waals surface area contributed by atoms with Crippen LogP contribution in [0.1, 0.15) is 50.1 Å². The highest BCUT2D eigenvalue weighted by Crippen LogP contribution is 2.43. The van der Waals surface area contributed by atoms with Crippen molar-refractivity contribution in [2.75, 3.05) is 10.2 Å². The maximum Gasteiger partial charge on any atom is 0.224 e. The molecule has 4 nitrogen and oxygen atoms in total. The fourth-order valence-corrected chi connectivity index (χ4v) is 4.01. The largest absolute Gasteiger partial charge is 0.363 e. The van der Waals surface area contributed by atoms with Crippen molar-refractivity contribution in [2.45, 2.75) is 53.1 Å². The molecule has 4 heteroatoms. The summed E-state index contributed by atoms with van der Waals surface area (Å²) in [7, 11) is 0. The highest BCUT2D eigenvalue weighted by molar-refractivity contribution is 5.94. The number of anilines is 2. The van der Waals surface area contributed by atoms with Gasteiger partial charge in [-0.05, 0) is 44.0 Å². The molecule has 0 radical (unpaired) electrons. The molecule has 0 fully saturated rings. The number of pyridine rings is 1. The molecule has 1 aliphatic rings. The van der Waals surface area contributed by atoms with E-state index in [2.05, 4.69) is 49.3 Å². The molecule has 1 aromatic heterocycles. The van der Waals surface area contributed by atoms with Crippen molar-refractivity contribution >= 4 is 17.4 Å². The van der Waals surface area contributed by atoms with E-state index in [4.69, 9.17) is 0 Å². The van der Waals surface area contributed by atoms with Crippen LogP contribution in [0.4, 0.5) is 11.5 Å². The van der Waals surface area contributed by atoms with Crippen LogP contribution < -0.4 is 10.2 Å². The average molecular weight is 337 g/mol. The lowest BCUT2D eigenvalue weighted by Gasteiger charge is -2.45. The van der Waals surface area contributed by atoms with Crippen molar-refractivity contribution in [3.63, 3.8) is 0 Å². The van der Waals surface area contributed by atoms with E-state index < -0.39 is 0 Å². The molecule has 1 unspecified atom stereocenters. The third-order valence-corrected chi connectivity index (χ3v) is 5.19. The van der Waals surface area contributed by atoms with Gasteiger partial charge in [0.2, 0.25) is 5.91 Å². The van der Waals surface area contributed by atoms with Gasteiger partial charge in [0.1, 0.15) is 5.82 Å². The molecule has 3 atom stereocenters. The van der Waals surface area contributed by atoms with Gasteiger partial charge in [0.15, 0.2) is 0 Å². The van der Waals surface area contributed by atoms with Gasteiger partial charge >= 0.3 is 0 Å². The lowest BCUT2D eigenvalue weighted by molar-refractivity contribution is -0.117. The quantitative estimate of drug-likeness (QED) is 0.888. The first-order chi connectivity index (χ1) is 11.9. The molecule has 0 bridgehead atoms. The maximum absolute atomic E-state index is 12.4. The van der Waals surface area contributed by atoms with Crippen molar-refractivity contribution < 1.29 is 4.79 Å². The molecule has 2 heterocycles. The van der Waals surface area contributed by atoms with E-state index in [-0.39, 0.29) is 23.9 Å². The number of fused-ring (bicyclic) bond motifs is 1. The molecular formula is C21H27N3O. The molecule has 1 amide bonds. The van der Waals surface area contributed by atoms with Gasteiger partial charge in [0, 0.05) is 30.3 Å². The Balaban J connectivity index is 2.09. The summed E-state index contributed by atoms with van der Waals surface area (Å²) in [5.41, 5.74) is 4.40. The first kappa shape index (κ1) is 17.5. The van der Waals surface area contributed by atoms with Crippen LogP contribution in [0.3, 0.4) is 0 Å². The second kappa shape index (κ2) is 6.87. The van der Waals surface area contributed by atoms with E-state index in [1.54, 1.807) is 6.92 Å². The molecule has 3 rings (SSSR count). The molecule has 1 aliphatic heterocycles. The minimum Gasteiger partial charge on any atom is -0.363 e. The van der Waals surface area contributed by atoms with Crippen LogP contribution in [-0.2, 0) is 4.79 Å². The number of aryl methyl sites for hydroxylation is 2. The molecule has 25 heavy (non-hydrogen) atoms. The second-order valence-electron chi connectivity index (χ2n) is 7.07. The van der Waals surface area contributed by atoms with Crippen molar-refractivity contribution in [2.24, 2.45) is 5.92 Å². The van der Waals surface area contributed by atoms with Crippen LogP contribution in [0.5, 0.6) is 0 Å². The Bertz CT molecular complexity index is 786. The number of carbonyl (C=O) groups excluding carboxylic acids is 1. The van der Waals surface area contributed by atoms with Gasteiger partial charge in [-0.3, -0.25) is 4.79 Å². The number of hydrogen-bond donors (Lipinski definition) is 1. The zero-order valence-corrected chi connectivity index (χ0v) is 15.7. The molecule has 132 valence electrons. The lowest BCUT2D eigenvalue weighted by Crippen LogP contribution is -2.49. The molecular weight excluding hydrogens is 310 g/mol. The van der Waals surface area contributed by atoms with Crippen LogP contribution in [-0.4, -0.2) is 16.9 Å². The predicted octanol–water partition coefficient (Wildman–Crippen LogP) is 4.63. The van der Waals surface area contributed by atoms with Crippen LogP contribution in [0.25, 0.3) is 0 Å². The van der Waals surface area contributed by atoms with Crippen molar-refractivity contribution in [1.82, 2.24) is 4.98 Å². The van der Waals surface area contributed by atoms with Crippen LogP contribution in [0.2, 0.25) is 0 Å².